The summed E-state index contributed by atoms with van der Waals surface area (Å²) >= 11 is 0. The highest BCUT2D eigenvalue weighted by Crippen LogP contribution is 2.38. The van der Waals surface area contributed by atoms with Crippen molar-refractivity contribution < 1.29 is 23.8 Å². The van der Waals surface area contributed by atoms with Gasteiger partial charge in [0.25, 0.3) is 0 Å². The molecule has 146 valence electrons. The predicted octanol–water partition coefficient (Wildman–Crippen LogP) is 4.21. The fourth-order valence-electron chi connectivity index (χ4n) is 2.73. The number of hydrogen-bond donors (Lipinski definition) is 1. The van der Waals surface area contributed by atoms with Crippen molar-refractivity contribution in [1.29, 1.82) is 0 Å². The average molecular weight is 385 g/mol. The zero-order valence-corrected chi connectivity index (χ0v) is 15.3. The van der Waals surface area contributed by atoms with Gasteiger partial charge in [-0.25, -0.2) is 4.39 Å². The molecule has 2 aromatic carbocycles. The number of hydrogen-bond acceptors (Lipinski definition) is 5. The van der Waals surface area contributed by atoms with Gasteiger partial charge in [0.2, 0.25) is 5.88 Å². The first kappa shape index (κ1) is 19.5. The number of fused-ring (bicyclic) bond motifs is 1. The normalized spacial score (nSPS) is 11.4. The molecule has 1 N–H and O–H groups in total. The van der Waals surface area contributed by atoms with Crippen LogP contribution in [0.2, 0.25) is 0 Å². The first-order valence-electron chi connectivity index (χ1n) is 8.81. The second-order valence-electron chi connectivity index (χ2n) is 5.88. The Morgan fingerprint density at radius 2 is 2.04 bits per heavy atom. The van der Waals surface area contributed by atoms with Crippen molar-refractivity contribution in [2.24, 2.45) is 10.2 Å². The van der Waals surface area contributed by atoms with Gasteiger partial charge in [0.15, 0.2) is 12.3 Å². The lowest BCUT2D eigenvalue weighted by molar-refractivity contribution is -0.120. The molecule has 28 heavy (non-hydrogen) atoms. The van der Waals surface area contributed by atoms with Gasteiger partial charge >= 0.3 is 5.91 Å². The van der Waals surface area contributed by atoms with E-state index in [2.05, 4.69) is 10.2 Å². The van der Waals surface area contributed by atoms with Crippen LogP contribution >= 0.6 is 0 Å². The van der Waals surface area contributed by atoms with E-state index >= 15 is 0 Å². The van der Waals surface area contributed by atoms with E-state index < -0.39 is 18.3 Å². The predicted molar refractivity (Wildman–Crippen MR) is 102 cm³/mol. The summed E-state index contributed by atoms with van der Waals surface area (Å²) in [4.78, 5) is 12.0. The number of carbonyl (C=O) groups excluding carboxylic acids is 1. The minimum absolute atomic E-state index is 0.0940. The average Bonchev–Trinajstić information content (AvgIpc) is 2.96. The zero-order valence-electron chi connectivity index (χ0n) is 15.3. The molecule has 1 heterocycles. The molecule has 0 unspecified atom stereocenters. The molecule has 0 radical (unpaired) electrons. The van der Waals surface area contributed by atoms with E-state index in [1.807, 2.05) is 25.1 Å². The van der Waals surface area contributed by atoms with Crippen LogP contribution < -0.4 is 4.74 Å². The third kappa shape index (κ3) is 4.52. The highest BCUT2D eigenvalue weighted by atomic mass is 19.1. The molecule has 7 nitrogen and oxygen atoms in total. The van der Waals surface area contributed by atoms with E-state index in [9.17, 15) is 14.3 Å². The second-order valence-corrected chi connectivity index (χ2v) is 5.88. The molecule has 0 aliphatic heterocycles. The molecule has 0 atom stereocenters. The molecular weight excluding hydrogens is 365 g/mol. The highest BCUT2D eigenvalue weighted by Gasteiger charge is 2.16. The van der Waals surface area contributed by atoms with Crippen molar-refractivity contribution in [3.8, 4) is 11.6 Å². The van der Waals surface area contributed by atoms with Crippen LogP contribution in [0.3, 0.4) is 0 Å². The van der Waals surface area contributed by atoms with E-state index in [-0.39, 0.29) is 17.3 Å². The van der Waals surface area contributed by atoms with Gasteiger partial charge in [0.05, 0.1) is 12.1 Å². The summed E-state index contributed by atoms with van der Waals surface area (Å²) in [5.74, 6) is -0.992. The number of amides is 1. The Kier molecular flexibility index (Phi) is 6.33. The van der Waals surface area contributed by atoms with Gasteiger partial charge in [-0.05, 0) is 25.1 Å². The summed E-state index contributed by atoms with van der Waals surface area (Å²) in [6, 6.07) is 12.7. The molecule has 3 rings (SSSR count). The van der Waals surface area contributed by atoms with Gasteiger partial charge in [-0.15, -0.1) is 10.2 Å². The highest BCUT2D eigenvalue weighted by molar-refractivity contribution is 5.95. The maximum Gasteiger partial charge on any atom is 0.302 e. The Labute approximate surface area is 161 Å². The first-order valence-corrected chi connectivity index (χ1v) is 8.81. The number of azo groups is 1. The van der Waals surface area contributed by atoms with Gasteiger partial charge in [-0.1, -0.05) is 24.3 Å². The van der Waals surface area contributed by atoms with Crippen molar-refractivity contribution >= 4 is 22.5 Å². The summed E-state index contributed by atoms with van der Waals surface area (Å²) in [6.45, 7) is 2.94. The Balaban J connectivity index is 1.75. The summed E-state index contributed by atoms with van der Waals surface area (Å²) < 4.78 is 25.3. The number of para-hydroxylation sites is 1. The Morgan fingerprint density at radius 1 is 1.21 bits per heavy atom. The molecule has 1 aromatic heterocycles. The van der Waals surface area contributed by atoms with E-state index in [0.29, 0.717) is 25.1 Å². The number of benzene rings is 2. The molecule has 0 fully saturated rings. The summed E-state index contributed by atoms with van der Waals surface area (Å²) in [5.41, 5.74) is 0.961. The monoisotopic (exact) mass is 385 g/mol. The summed E-state index contributed by atoms with van der Waals surface area (Å²) in [7, 11) is 0. The quantitative estimate of drug-likeness (QED) is 0.465. The van der Waals surface area contributed by atoms with Crippen molar-refractivity contribution in [1.82, 2.24) is 4.57 Å². The molecule has 0 bridgehead atoms. The van der Waals surface area contributed by atoms with Gasteiger partial charge in [-0.3, -0.25) is 4.79 Å². The maximum atomic E-state index is 13.1. The van der Waals surface area contributed by atoms with Crippen molar-refractivity contribution in [2.45, 2.75) is 13.5 Å². The fourth-order valence-corrected chi connectivity index (χ4v) is 2.73. The van der Waals surface area contributed by atoms with Gasteiger partial charge in [-0.2, -0.15) is 0 Å². The van der Waals surface area contributed by atoms with Gasteiger partial charge in [0.1, 0.15) is 11.6 Å². The zero-order chi connectivity index (χ0) is 19.9. The Bertz CT molecular complexity index is 1000. The van der Waals surface area contributed by atoms with Crippen LogP contribution in [-0.2, 0) is 16.1 Å². The number of nitrogens with zero attached hydrogens (tertiary/aromatic N) is 3. The van der Waals surface area contributed by atoms with Crippen LogP contribution in [0.5, 0.6) is 11.6 Å². The van der Waals surface area contributed by atoms with Gasteiger partial charge in [0, 0.05) is 24.6 Å². The molecule has 3 aromatic rings. The molecule has 0 saturated heterocycles. The molecular formula is C20H20FN3O4. The van der Waals surface area contributed by atoms with Crippen LogP contribution in [0.25, 0.3) is 10.9 Å². The Morgan fingerprint density at radius 3 is 2.82 bits per heavy atom. The van der Waals surface area contributed by atoms with Crippen LogP contribution in [-0.4, -0.2) is 35.4 Å². The third-order valence-electron chi connectivity index (χ3n) is 4.00. The number of rotatable bonds is 8. The number of aromatic hydroxyl groups is 1. The minimum atomic E-state index is -0.658. The van der Waals surface area contributed by atoms with Crippen LogP contribution in [0.15, 0.2) is 58.8 Å². The molecule has 0 saturated carbocycles. The standard InChI is InChI=1S/C20H20FN3O4/c1-2-27-11-10-24-17-9-4-3-8-16(17)19(20(24)26)23-22-18(25)13-28-15-7-5-6-14(21)12-15/h3-9,12,26H,2,10-11,13H2,1H3. The van der Waals surface area contributed by atoms with Crippen molar-refractivity contribution in [2.75, 3.05) is 19.8 Å². The van der Waals surface area contributed by atoms with Crippen LogP contribution in [0.4, 0.5) is 10.1 Å². The van der Waals surface area contributed by atoms with Crippen molar-refractivity contribution in [3.63, 3.8) is 0 Å². The van der Waals surface area contributed by atoms with Crippen LogP contribution in [0.1, 0.15) is 6.92 Å². The summed E-state index contributed by atoms with van der Waals surface area (Å²) in [6.07, 6.45) is 0. The molecule has 0 aliphatic rings. The van der Waals surface area contributed by atoms with E-state index in [0.717, 1.165) is 5.52 Å². The van der Waals surface area contributed by atoms with E-state index in [4.69, 9.17) is 9.47 Å². The largest absolute Gasteiger partial charge is 0.493 e. The molecule has 0 spiro atoms. The van der Waals surface area contributed by atoms with E-state index in [1.165, 1.54) is 24.3 Å². The number of carbonyl (C=O) groups is 1. The lowest BCUT2D eigenvalue weighted by Crippen LogP contribution is -2.07. The summed E-state index contributed by atoms with van der Waals surface area (Å²) in [5, 5.41) is 18.7. The maximum absolute atomic E-state index is 13.1. The second kappa shape index (κ2) is 9.09. The minimum Gasteiger partial charge on any atom is -0.493 e. The Hall–Kier alpha value is -3.26. The number of ether oxygens (including phenoxy) is 2. The lowest BCUT2D eigenvalue weighted by atomic mass is 10.2. The number of halogens is 1. The van der Waals surface area contributed by atoms with E-state index in [1.54, 1.807) is 10.6 Å². The number of aromatic nitrogens is 1. The topological polar surface area (TPSA) is 85.4 Å². The van der Waals surface area contributed by atoms with Gasteiger partial charge < -0.3 is 19.1 Å². The lowest BCUT2D eigenvalue weighted by Gasteiger charge is -2.06. The first-order chi connectivity index (χ1) is 13.6. The molecule has 1 amide bonds. The van der Waals surface area contributed by atoms with Crippen molar-refractivity contribution in [3.05, 3.63) is 54.3 Å². The fraction of sp³-hybridized carbons (Fsp3) is 0.250. The third-order valence-corrected chi connectivity index (χ3v) is 4.00. The molecule has 0 aliphatic carbocycles. The smallest absolute Gasteiger partial charge is 0.302 e. The SMILES string of the molecule is CCOCCn1c(O)c(N=NC(=O)COc2cccc(F)c2)c2ccccc21. The molecule has 8 heteroatoms. The van der Waals surface area contributed by atoms with Crippen LogP contribution in [0, 0.1) is 5.82 Å².